The molecule has 0 aliphatic carbocycles. The fourth-order valence-electron chi connectivity index (χ4n) is 1.39. The van der Waals surface area contributed by atoms with Crippen molar-refractivity contribution in [3.05, 3.63) is 36.2 Å². The lowest BCUT2D eigenvalue weighted by Crippen LogP contribution is -2.06. The van der Waals surface area contributed by atoms with E-state index in [9.17, 15) is 4.79 Å². The largest absolute Gasteiger partial charge is 0.479 e. The Kier molecular flexibility index (Phi) is 3.81. The van der Waals surface area contributed by atoms with Crippen molar-refractivity contribution >= 4 is 11.7 Å². The summed E-state index contributed by atoms with van der Waals surface area (Å²) < 4.78 is 1.51. The quantitative estimate of drug-likeness (QED) is 0.620. The smallest absolute Gasteiger partial charge is 0.344 e. The summed E-state index contributed by atoms with van der Waals surface area (Å²) in [5.74, 6) is -1.07. The molecule has 8 heteroatoms. The van der Waals surface area contributed by atoms with E-state index in [2.05, 4.69) is 25.5 Å². The summed E-state index contributed by atoms with van der Waals surface area (Å²) in [6, 6.07) is 7.31. The van der Waals surface area contributed by atoms with Gasteiger partial charge in [-0.25, -0.2) is 9.48 Å². The van der Waals surface area contributed by atoms with Crippen LogP contribution in [-0.2, 0) is 9.63 Å². The number of oxime groups is 1. The van der Waals surface area contributed by atoms with Crippen molar-refractivity contribution in [2.45, 2.75) is 6.92 Å². The molecule has 0 radical (unpaired) electrons. The maximum absolute atomic E-state index is 10.3. The number of carbonyl (C=O) groups is 1. The molecule has 0 aliphatic rings. The first kappa shape index (κ1) is 12.7. The van der Waals surface area contributed by atoms with Crippen molar-refractivity contribution in [3.8, 4) is 5.69 Å². The van der Waals surface area contributed by atoms with Crippen LogP contribution >= 0.6 is 0 Å². The summed E-state index contributed by atoms with van der Waals surface area (Å²) in [6.07, 6.45) is 1.48. The Labute approximate surface area is 108 Å². The number of tetrazole rings is 1. The highest BCUT2D eigenvalue weighted by molar-refractivity contribution is 5.98. The zero-order valence-corrected chi connectivity index (χ0v) is 10.1. The lowest BCUT2D eigenvalue weighted by Gasteiger charge is -2.04. The average Bonchev–Trinajstić information content (AvgIpc) is 2.92. The van der Waals surface area contributed by atoms with E-state index >= 15 is 0 Å². The van der Waals surface area contributed by atoms with E-state index in [0.29, 0.717) is 5.71 Å². The molecule has 0 amide bonds. The van der Waals surface area contributed by atoms with E-state index in [-0.39, 0.29) is 0 Å². The van der Waals surface area contributed by atoms with Crippen molar-refractivity contribution < 1.29 is 14.7 Å². The molecular formula is C11H11N5O3. The van der Waals surface area contributed by atoms with Crippen LogP contribution in [0.15, 0.2) is 35.7 Å². The molecule has 98 valence electrons. The Morgan fingerprint density at radius 3 is 3.05 bits per heavy atom. The minimum absolute atomic E-state index is 0.468. The van der Waals surface area contributed by atoms with Gasteiger partial charge in [0.2, 0.25) is 6.61 Å². The third-order valence-corrected chi connectivity index (χ3v) is 2.27. The zero-order chi connectivity index (χ0) is 13.7. The summed E-state index contributed by atoms with van der Waals surface area (Å²) in [5, 5.41) is 23.1. The highest BCUT2D eigenvalue weighted by atomic mass is 16.6. The van der Waals surface area contributed by atoms with E-state index in [4.69, 9.17) is 5.11 Å². The topological polar surface area (TPSA) is 102 Å². The van der Waals surface area contributed by atoms with E-state index in [1.165, 1.54) is 11.0 Å². The van der Waals surface area contributed by atoms with Crippen molar-refractivity contribution in [2.24, 2.45) is 5.16 Å². The predicted octanol–water partition coefficient (Wildman–Crippen LogP) is 0.487. The Morgan fingerprint density at radius 1 is 1.53 bits per heavy atom. The van der Waals surface area contributed by atoms with Crippen LogP contribution in [0.1, 0.15) is 12.5 Å². The third kappa shape index (κ3) is 3.35. The molecule has 8 nitrogen and oxygen atoms in total. The van der Waals surface area contributed by atoms with Crippen LogP contribution in [0.25, 0.3) is 5.69 Å². The number of benzene rings is 1. The number of nitrogens with zero attached hydrogens (tertiary/aromatic N) is 5. The number of hydrogen-bond donors (Lipinski definition) is 1. The molecule has 0 atom stereocenters. The van der Waals surface area contributed by atoms with Gasteiger partial charge in [-0.3, -0.25) is 0 Å². The summed E-state index contributed by atoms with van der Waals surface area (Å²) in [7, 11) is 0. The lowest BCUT2D eigenvalue weighted by atomic mass is 10.1. The van der Waals surface area contributed by atoms with Gasteiger partial charge in [0.25, 0.3) is 0 Å². The second kappa shape index (κ2) is 5.71. The predicted molar refractivity (Wildman–Crippen MR) is 65.0 cm³/mol. The van der Waals surface area contributed by atoms with Crippen molar-refractivity contribution in [3.63, 3.8) is 0 Å². The first-order valence-electron chi connectivity index (χ1n) is 5.39. The number of hydrogen-bond acceptors (Lipinski definition) is 6. The van der Waals surface area contributed by atoms with Gasteiger partial charge in [0, 0.05) is 5.56 Å². The van der Waals surface area contributed by atoms with Gasteiger partial charge in [0.05, 0.1) is 11.4 Å². The molecule has 1 aromatic carbocycles. The summed E-state index contributed by atoms with van der Waals surface area (Å²) >= 11 is 0. The van der Waals surface area contributed by atoms with Gasteiger partial charge in [-0.05, 0) is 29.5 Å². The van der Waals surface area contributed by atoms with Crippen LogP contribution in [-0.4, -0.2) is 43.6 Å². The number of aromatic nitrogens is 4. The minimum atomic E-state index is -1.07. The fourth-order valence-corrected chi connectivity index (χ4v) is 1.39. The van der Waals surface area contributed by atoms with E-state index in [1.54, 1.807) is 6.92 Å². The van der Waals surface area contributed by atoms with Crippen molar-refractivity contribution in [2.75, 3.05) is 6.61 Å². The third-order valence-electron chi connectivity index (χ3n) is 2.27. The fraction of sp³-hybridized carbons (Fsp3) is 0.182. The Hall–Kier alpha value is -2.77. The molecule has 0 saturated heterocycles. The van der Waals surface area contributed by atoms with Gasteiger partial charge >= 0.3 is 5.97 Å². The van der Waals surface area contributed by atoms with Crippen LogP contribution in [0.2, 0.25) is 0 Å². The van der Waals surface area contributed by atoms with Crippen molar-refractivity contribution in [1.29, 1.82) is 0 Å². The summed E-state index contributed by atoms with van der Waals surface area (Å²) in [5.41, 5.74) is 2.13. The Bertz CT molecular complexity index is 594. The van der Waals surface area contributed by atoms with E-state index in [1.807, 2.05) is 24.3 Å². The van der Waals surface area contributed by atoms with Crippen LogP contribution in [0.3, 0.4) is 0 Å². The first-order chi connectivity index (χ1) is 9.16. The van der Waals surface area contributed by atoms with Gasteiger partial charge in [-0.15, -0.1) is 5.10 Å². The molecule has 0 unspecified atom stereocenters. The van der Waals surface area contributed by atoms with Crippen LogP contribution < -0.4 is 0 Å². The van der Waals surface area contributed by atoms with Gasteiger partial charge in [0.15, 0.2) is 0 Å². The van der Waals surface area contributed by atoms with Crippen molar-refractivity contribution in [1.82, 2.24) is 20.2 Å². The van der Waals surface area contributed by atoms with Gasteiger partial charge in [-0.1, -0.05) is 17.3 Å². The molecule has 0 spiro atoms. The molecule has 2 aromatic rings. The lowest BCUT2D eigenvalue weighted by molar-refractivity contribution is -0.142. The standard InChI is InChI=1S/C11H11N5O3/c1-8(13-19-6-11(17)18)9-3-2-4-10(5-9)16-7-12-14-15-16/h2-5,7H,6H2,1H3,(H,17,18). The molecule has 2 rings (SSSR count). The van der Waals surface area contributed by atoms with E-state index in [0.717, 1.165) is 11.3 Å². The maximum atomic E-state index is 10.3. The Morgan fingerprint density at radius 2 is 2.37 bits per heavy atom. The molecule has 0 fully saturated rings. The highest BCUT2D eigenvalue weighted by Gasteiger charge is 2.03. The monoisotopic (exact) mass is 261 g/mol. The minimum Gasteiger partial charge on any atom is -0.479 e. The second-order valence-corrected chi connectivity index (χ2v) is 3.65. The SMILES string of the molecule is CC(=NOCC(=O)O)c1cccc(-n2cnnn2)c1. The van der Waals surface area contributed by atoms with Crippen LogP contribution in [0, 0.1) is 0 Å². The van der Waals surface area contributed by atoms with Gasteiger partial charge in [-0.2, -0.15) is 0 Å². The molecule has 0 aliphatic heterocycles. The van der Waals surface area contributed by atoms with Gasteiger partial charge < -0.3 is 9.94 Å². The molecule has 1 aromatic heterocycles. The number of rotatable bonds is 5. The van der Waals surface area contributed by atoms with Crippen LogP contribution in [0.5, 0.6) is 0 Å². The van der Waals surface area contributed by atoms with E-state index < -0.39 is 12.6 Å². The summed E-state index contributed by atoms with van der Waals surface area (Å²) in [6.45, 7) is 1.25. The summed E-state index contributed by atoms with van der Waals surface area (Å²) in [4.78, 5) is 15.0. The van der Waals surface area contributed by atoms with Gasteiger partial charge in [0.1, 0.15) is 6.33 Å². The molecule has 0 bridgehead atoms. The molecule has 1 N–H and O–H groups in total. The molecule has 1 heterocycles. The molecular weight excluding hydrogens is 250 g/mol. The molecule has 19 heavy (non-hydrogen) atoms. The average molecular weight is 261 g/mol. The molecule has 0 saturated carbocycles. The Balaban J connectivity index is 2.16. The highest BCUT2D eigenvalue weighted by Crippen LogP contribution is 2.10. The first-order valence-corrected chi connectivity index (χ1v) is 5.39. The maximum Gasteiger partial charge on any atom is 0.344 e. The number of carboxylic acid groups (broad SMARTS) is 1. The number of carboxylic acids is 1. The number of aliphatic carboxylic acids is 1. The second-order valence-electron chi connectivity index (χ2n) is 3.65. The van der Waals surface area contributed by atoms with Crippen LogP contribution in [0.4, 0.5) is 0 Å². The normalized spacial score (nSPS) is 11.3. The zero-order valence-electron chi connectivity index (χ0n) is 10.1.